The second kappa shape index (κ2) is 7.58. The van der Waals surface area contributed by atoms with Crippen LogP contribution in [0.1, 0.15) is 37.6 Å². The van der Waals surface area contributed by atoms with Gasteiger partial charge in [-0.2, -0.15) is 0 Å². The molecule has 1 N–H and O–H groups in total. The van der Waals surface area contributed by atoms with Crippen molar-refractivity contribution < 1.29 is 23.1 Å². The Labute approximate surface area is 162 Å². The Morgan fingerprint density at radius 2 is 1.89 bits per heavy atom. The van der Waals surface area contributed by atoms with Crippen molar-refractivity contribution in [2.24, 2.45) is 5.41 Å². The predicted octanol–water partition coefficient (Wildman–Crippen LogP) is 4.38. The highest BCUT2D eigenvalue weighted by Gasteiger charge is 2.37. The Kier molecular flexibility index (Phi) is 5.36. The van der Waals surface area contributed by atoms with Gasteiger partial charge in [-0.3, -0.25) is 9.59 Å². The van der Waals surface area contributed by atoms with E-state index in [2.05, 4.69) is 5.32 Å². The molecule has 5 nitrogen and oxygen atoms in total. The van der Waals surface area contributed by atoms with Crippen molar-refractivity contribution in [1.29, 1.82) is 0 Å². The van der Waals surface area contributed by atoms with Crippen LogP contribution in [-0.2, 0) is 4.79 Å². The molecule has 2 aromatic rings. The fourth-order valence-electron chi connectivity index (χ4n) is 3.08. The van der Waals surface area contributed by atoms with E-state index < -0.39 is 28.5 Å². The minimum Gasteiger partial charge on any atom is -0.490 e. The van der Waals surface area contributed by atoms with Crippen LogP contribution in [0.2, 0.25) is 0 Å². The van der Waals surface area contributed by atoms with Gasteiger partial charge in [-0.05, 0) is 50.6 Å². The molecule has 0 saturated carbocycles. The molecular formula is C21H22F2N2O3. The largest absolute Gasteiger partial charge is 0.490 e. The third-order valence-corrected chi connectivity index (χ3v) is 4.56. The SMILES string of the molecule is CCCN1C(=O)C(C)(C)COc2ccc(NC(=O)c3c(F)cccc3F)cc21. The first kappa shape index (κ1) is 19.8. The number of rotatable bonds is 4. The van der Waals surface area contributed by atoms with Gasteiger partial charge in [0, 0.05) is 12.2 Å². The van der Waals surface area contributed by atoms with Gasteiger partial charge >= 0.3 is 0 Å². The van der Waals surface area contributed by atoms with Crippen LogP contribution >= 0.6 is 0 Å². The Hall–Kier alpha value is -2.96. The Morgan fingerprint density at radius 1 is 1.21 bits per heavy atom. The molecule has 3 rings (SSSR count). The third-order valence-electron chi connectivity index (χ3n) is 4.56. The number of nitrogens with one attached hydrogen (secondary N) is 1. The lowest BCUT2D eigenvalue weighted by Gasteiger charge is -2.27. The van der Waals surface area contributed by atoms with Gasteiger partial charge in [-0.25, -0.2) is 8.78 Å². The van der Waals surface area contributed by atoms with Gasteiger partial charge in [-0.15, -0.1) is 0 Å². The van der Waals surface area contributed by atoms with E-state index in [1.165, 1.54) is 6.07 Å². The molecule has 0 saturated heterocycles. The Balaban J connectivity index is 1.95. The van der Waals surface area contributed by atoms with Gasteiger partial charge in [0.2, 0.25) is 5.91 Å². The average molecular weight is 388 g/mol. The second-order valence-corrected chi connectivity index (χ2v) is 7.36. The number of halogens is 2. The Bertz CT molecular complexity index is 908. The lowest BCUT2D eigenvalue weighted by atomic mass is 9.93. The molecule has 0 fully saturated rings. The van der Waals surface area contributed by atoms with Crippen LogP contribution < -0.4 is 15.0 Å². The summed E-state index contributed by atoms with van der Waals surface area (Å²) in [5.74, 6) is -2.36. The van der Waals surface area contributed by atoms with E-state index in [9.17, 15) is 18.4 Å². The first-order valence-electron chi connectivity index (χ1n) is 9.09. The molecule has 1 aliphatic rings. The van der Waals surface area contributed by atoms with E-state index in [4.69, 9.17) is 4.74 Å². The summed E-state index contributed by atoms with van der Waals surface area (Å²) in [4.78, 5) is 26.9. The maximum absolute atomic E-state index is 13.9. The zero-order chi connectivity index (χ0) is 20.5. The number of nitrogens with zero attached hydrogens (tertiary/aromatic N) is 1. The molecule has 0 aromatic heterocycles. The highest BCUT2D eigenvalue weighted by molar-refractivity contribution is 6.06. The summed E-state index contributed by atoms with van der Waals surface area (Å²) >= 11 is 0. The summed E-state index contributed by atoms with van der Waals surface area (Å²) < 4.78 is 33.5. The molecule has 7 heteroatoms. The monoisotopic (exact) mass is 388 g/mol. The number of amides is 2. The van der Waals surface area contributed by atoms with Crippen molar-refractivity contribution in [3.63, 3.8) is 0 Å². The van der Waals surface area contributed by atoms with Crippen LogP contribution in [0.25, 0.3) is 0 Å². The first-order chi connectivity index (χ1) is 13.2. The lowest BCUT2D eigenvalue weighted by molar-refractivity contribution is -0.127. The molecule has 1 aliphatic heterocycles. The van der Waals surface area contributed by atoms with Crippen LogP contribution in [0.3, 0.4) is 0 Å². The normalized spacial score (nSPS) is 15.5. The van der Waals surface area contributed by atoms with E-state index in [0.717, 1.165) is 18.6 Å². The van der Waals surface area contributed by atoms with Crippen molar-refractivity contribution >= 4 is 23.2 Å². The van der Waals surface area contributed by atoms with Crippen LogP contribution in [0.15, 0.2) is 36.4 Å². The van der Waals surface area contributed by atoms with E-state index in [1.54, 1.807) is 23.1 Å². The van der Waals surface area contributed by atoms with Crippen LogP contribution in [-0.4, -0.2) is 25.0 Å². The number of fused-ring (bicyclic) bond motifs is 1. The number of carbonyl (C=O) groups is 2. The molecule has 148 valence electrons. The molecule has 0 spiro atoms. The Morgan fingerprint density at radius 3 is 2.54 bits per heavy atom. The molecule has 2 amide bonds. The highest BCUT2D eigenvalue weighted by atomic mass is 19.1. The number of anilines is 2. The summed E-state index contributed by atoms with van der Waals surface area (Å²) in [6.45, 7) is 6.29. The van der Waals surface area contributed by atoms with Gasteiger partial charge in [0.25, 0.3) is 5.91 Å². The van der Waals surface area contributed by atoms with Gasteiger partial charge < -0.3 is 15.0 Å². The van der Waals surface area contributed by atoms with Crippen molar-refractivity contribution in [3.05, 3.63) is 53.6 Å². The molecule has 0 unspecified atom stereocenters. The number of benzene rings is 2. The molecule has 0 aliphatic carbocycles. The van der Waals surface area contributed by atoms with Crippen LogP contribution in [0.4, 0.5) is 20.2 Å². The zero-order valence-electron chi connectivity index (χ0n) is 16.0. The number of ether oxygens (including phenoxy) is 1. The topological polar surface area (TPSA) is 58.6 Å². The minimum absolute atomic E-state index is 0.0864. The minimum atomic E-state index is -0.944. The van der Waals surface area contributed by atoms with Crippen molar-refractivity contribution in [2.75, 3.05) is 23.4 Å². The smallest absolute Gasteiger partial charge is 0.261 e. The molecule has 1 heterocycles. The van der Waals surface area contributed by atoms with E-state index >= 15 is 0 Å². The van der Waals surface area contributed by atoms with Crippen molar-refractivity contribution in [2.45, 2.75) is 27.2 Å². The lowest BCUT2D eigenvalue weighted by Crippen LogP contribution is -2.42. The van der Waals surface area contributed by atoms with Gasteiger partial charge in [0.05, 0.1) is 11.1 Å². The summed E-state index contributed by atoms with van der Waals surface area (Å²) in [5, 5.41) is 2.50. The molecule has 0 bridgehead atoms. The number of carbonyl (C=O) groups excluding carboxylic acids is 2. The summed E-state index contributed by atoms with van der Waals surface area (Å²) in [6.07, 6.45) is 0.734. The van der Waals surface area contributed by atoms with Gasteiger partial charge in [-0.1, -0.05) is 13.0 Å². The van der Waals surface area contributed by atoms with Crippen molar-refractivity contribution in [1.82, 2.24) is 0 Å². The number of hydrogen-bond donors (Lipinski definition) is 1. The highest BCUT2D eigenvalue weighted by Crippen LogP contribution is 2.38. The van der Waals surface area contributed by atoms with E-state index in [0.29, 0.717) is 23.7 Å². The summed E-state index contributed by atoms with van der Waals surface area (Å²) in [7, 11) is 0. The number of hydrogen-bond acceptors (Lipinski definition) is 3. The molecule has 28 heavy (non-hydrogen) atoms. The van der Waals surface area contributed by atoms with Crippen LogP contribution in [0, 0.1) is 17.0 Å². The first-order valence-corrected chi connectivity index (χ1v) is 9.09. The predicted molar refractivity (Wildman–Crippen MR) is 103 cm³/mol. The quantitative estimate of drug-likeness (QED) is 0.846. The van der Waals surface area contributed by atoms with Gasteiger partial charge in [0.1, 0.15) is 29.6 Å². The van der Waals surface area contributed by atoms with Crippen molar-refractivity contribution in [3.8, 4) is 5.75 Å². The second-order valence-electron chi connectivity index (χ2n) is 7.36. The fourth-order valence-corrected chi connectivity index (χ4v) is 3.08. The summed E-state index contributed by atoms with van der Waals surface area (Å²) in [6, 6.07) is 8.03. The van der Waals surface area contributed by atoms with E-state index in [-0.39, 0.29) is 12.5 Å². The van der Waals surface area contributed by atoms with E-state index in [1.807, 2.05) is 20.8 Å². The summed E-state index contributed by atoms with van der Waals surface area (Å²) in [5.41, 5.74) is -0.530. The molecule has 2 aromatic carbocycles. The standard InChI is InChI=1S/C21H22F2N2O3/c1-4-10-25-16-11-13(8-9-17(16)28-12-21(2,3)20(25)27)24-19(26)18-14(22)6-5-7-15(18)23/h5-9,11H,4,10,12H2,1-3H3,(H,24,26). The molecule has 0 radical (unpaired) electrons. The molecular weight excluding hydrogens is 366 g/mol. The third kappa shape index (κ3) is 3.69. The van der Waals surface area contributed by atoms with Gasteiger partial charge in [0.15, 0.2) is 0 Å². The van der Waals surface area contributed by atoms with Crippen LogP contribution in [0.5, 0.6) is 5.75 Å². The average Bonchev–Trinajstić information content (AvgIpc) is 2.72. The fraction of sp³-hybridized carbons (Fsp3) is 0.333. The maximum Gasteiger partial charge on any atom is 0.261 e. The molecule has 0 atom stereocenters. The zero-order valence-corrected chi connectivity index (χ0v) is 16.0. The maximum atomic E-state index is 13.9.